The molecule has 1 amide bonds. The van der Waals surface area contributed by atoms with Gasteiger partial charge in [0.05, 0.1) is 5.69 Å². The standard InChI is InChI=1S/C26H25N3OS/c1-15-7-6-10-21(16(15)2)28-25(30)24-23(27)20-14-19-13-18(17-8-4-3-5-9-17)11-12-22(19)29-26(20)31-24/h3-10,14,18H,11-13,27H2,1-2H3,(H,28,30). The Hall–Kier alpha value is -3.18. The number of hydrogen-bond donors (Lipinski definition) is 2. The van der Waals surface area contributed by atoms with Crippen LogP contribution in [0.25, 0.3) is 10.2 Å². The Kier molecular flexibility index (Phi) is 4.98. The molecule has 4 aromatic rings. The Labute approximate surface area is 186 Å². The monoisotopic (exact) mass is 427 g/mol. The van der Waals surface area contributed by atoms with Crippen LogP contribution in [0.3, 0.4) is 0 Å². The molecule has 0 radical (unpaired) electrons. The van der Waals surface area contributed by atoms with E-state index in [0.717, 1.165) is 52.0 Å². The number of aromatic nitrogens is 1. The highest BCUT2D eigenvalue weighted by molar-refractivity contribution is 7.21. The molecule has 5 rings (SSSR count). The first kappa shape index (κ1) is 19.8. The molecule has 4 nitrogen and oxygen atoms in total. The first-order chi connectivity index (χ1) is 15.0. The van der Waals surface area contributed by atoms with E-state index >= 15 is 0 Å². The second-order valence-corrected chi connectivity index (χ2v) is 9.34. The van der Waals surface area contributed by atoms with Crippen molar-refractivity contribution in [3.05, 3.63) is 87.4 Å². The molecule has 0 saturated carbocycles. The van der Waals surface area contributed by atoms with Crippen molar-refractivity contribution in [3.8, 4) is 0 Å². The van der Waals surface area contributed by atoms with Gasteiger partial charge in [0, 0.05) is 16.8 Å². The lowest BCUT2D eigenvalue weighted by Crippen LogP contribution is -2.14. The van der Waals surface area contributed by atoms with Crippen molar-refractivity contribution in [2.24, 2.45) is 0 Å². The molecule has 1 aliphatic rings. The summed E-state index contributed by atoms with van der Waals surface area (Å²) in [7, 11) is 0. The largest absolute Gasteiger partial charge is 0.397 e. The average molecular weight is 428 g/mol. The number of carbonyl (C=O) groups excluding carboxylic acids is 1. The SMILES string of the molecule is Cc1cccc(NC(=O)c2sc3nc4c(cc3c2N)CC(c2ccccc2)CC4)c1C. The summed E-state index contributed by atoms with van der Waals surface area (Å²) >= 11 is 1.38. The number of nitrogens with zero attached hydrogens (tertiary/aromatic N) is 1. The van der Waals surface area contributed by atoms with Gasteiger partial charge in [-0.1, -0.05) is 42.5 Å². The number of rotatable bonds is 3. The zero-order valence-corrected chi connectivity index (χ0v) is 18.6. The van der Waals surface area contributed by atoms with Crippen LogP contribution in [0.5, 0.6) is 0 Å². The Morgan fingerprint density at radius 1 is 1.13 bits per heavy atom. The minimum Gasteiger partial charge on any atom is -0.397 e. The number of thiophene rings is 1. The minimum atomic E-state index is -0.172. The maximum atomic E-state index is 13.0. The minimum absolute atomic E-state index is 0.172. The van der Waals surface area contributed by atoms with Gasteiger partial charge < -0.3 is 11.1 Å². The van der Waals surface area contributed by atoms with E-state index in [-0.39, 0.29) is 5.91 Å². The molecule has 0 aliphatic heterocycles. The molecule has 3 N–H and O–H groups in total. The van der Waals surface area contributed by atoms with Crippen LogP contribution in [-0.4, -0.2) is 10.9 Å². The number of benzene rings is 2. The summed E-state index contributed by atoms with van der Waals surface area (Å²) < 4.78 is 0. The molecule has 5 heteroatoms. The number of anilines is 2. The number of carbonyl (C=O) groups is 1. The van der Waals surface area contributed by atoms with Crippen molar-refractivity contribution in [2.45, 2.75) is 39.0 Å². The van der Waals surface area contributed by atoms with Crippen molar-refractivity contribution in [2.75, 3.05) is 11.1 Å². The fourth-order valence-corrected chi connectivity index (χ4v) is 5.43. The number of nitrogen functional groups attached to an aromatic ring is 1. The Morgan fingerprint density at radius 3 is 2.74 bits per heavy atom. The van der Waals surface area contributed by atoms with E-state index in [1.165, 1.54) is 22.5 Å². The molecule has 0 bridgehead atoms. The number of fused-ring (bicyclic) bond motifs is 2. The van der Waals surface area contributed by atoms with Crippen molar-refractivity contribution in [1.82, 2.24) is 4.98 Å². The molecule has 1 aliphatic carbocycles. The molecular formula is C26H25N3OS. The Balaban J connectivity index is 1.46. The third-order valence-electron chi connectivity index (χ3n) is 6.42. The molecular weight excluding hydrogens is 402 g/mol. The molecule has 2 aromatic heterocycles. The molecule has 2 aromatic carbocycles. The van der Waals surface area contributed by atoms with Gasteiger partial charge in [-0.3, -0.25) is 4.79 Å². The van der Waals surface area contributed by atoms with Crippen molar-refractivity contribution in [3.63, 3.8) is 0 Å². The van der Waals surface area contributed by atoms with Gasteiger partial charge >= 0.3 is 0 Å². The van der Waals surface area contributed by atoms with Gasteiger partial charge in [-0.25, -0.2) is 4.98 Å². The number of pyridine rings is 1. The van der Waals surface area contributed by atoms with Crippen molar-refractivity contribution >= 4 is 38.8 Å². The van der Waals surface area contributed by atoms with Gasteiger partial charge in [-0.2, -0.15) is 0 Å². The summed E-state index contributed by atoms with van der Waals surface area (Å²) in [5.74, 6) is 0.328. The van der Waals surface area contributed by atoms with Gasteiger partial charge in [0.15, 0.2) is 0 Å². The Morgan fingerprint density at radius 2 is 1.94 bits per heavy atom. The number of nitrogens with two attached hydrogens (primary N) is 1. The van der Waals surface area contributed by atoms with Crippen molar-refractivity contribution in [1.29, 1.82) is 0 Å². The maximum Gasteiger partial charge on any atom is 0.267 e. The summed E-state index contributed by atoms with van der Waals surface area (Å²) in [6.07, 6.45) is 3.00. The van der Waals surface area contributed by atoms with E-state index in [2.05, 4.69) is 41.7 Å². The summed E-state index contributed by atoms with van der Waals surface area (Å²) in [6.45, 7) is 4.05. The highest BCUT2D eigenvalue weighted by Gasteiger charge is 2.24. The van der Waals surface area contributed by atoms with E-state index in [9.17, 15) is 4.79 Å². The first-order valence-electron chi connectivity index (χ1n) is 10.6. The summed E-state index contributed by atoms with van der Waals surface area (Å²) in [6, 6.07) is 18.7. The zero-order chi connectivity index (χ0) is 21.5. The fraction of sp³-hybridized carbons (Fsp3) is 0.231. The molecule has 0 fully saturated rings. The molecule has 0 spiro atoms. The van der Waals surface area contributed by atoms with Crippen LogP contribution in [0, 0.1) is 13.8 Å². The lowest BCUT2D eigenvalue weighted by atomic mass is 9.82. The first-order valence-corrected chi connectivity index (χ1v) is 11.5. The quantitative estimate of drug-likeness (QED) is 0.420. The molecule has 1 unspecified atom stereocenters. The third kappa shape index (κ3) is 3.59. The topological polar surface area (TPSA) is 68.0 Å². The third-order valence-corrected chi connectivity index (χ3v) is 7.53. The Bertz CT molecular complexity index is 1290. The number of hydrogen-bond acceptors (Lipinski definition) is 4. The van der Waals surface area contributed by atoms with Gasteiger partial charge in [0.25, 0.3) is 5.91 Å². The van der Waals surface area contributed by atoms with Crippen LogP contribution in [0.2, 0.25) is 0 Å². The number of amides is 1. The van der Waals surface area contributed by atoms with Crippen LogP contribution in [-0.2, 0) is 12.8 Å². The van der Waals surface area contributed by atoms with Gasteiger partial charge in [0.2, 0.25) is 0 Å². The molecule has 1 atom stereocenters. The van der Waals surface area contributed by atoms with E-state index in [4.69, 9.17) is 10.7 Å². The van der Waals surface area contributed by atoms with Gasteiger partial charge in [-0.15, -0.1) is 11.3 Å². The number of nitrogens with one attached hydrogen (secondary N) is 1. The number of aryl methyl sites for hydroxylation is 2. The maximum absolute atomic E-state index is 13.0. The van der Waals surface area contributed by atoms with Crippen LogP contribution < -0.4 is 11.1 Å². The second-order valence-electron chi connectivity index (χ2n) is 8.34. The van der Waals surface area contributed by atoms with E-state index < -0.39 is 0 Å². The van der Waals surface area contributed by atoms with Gasteiger partial charge in [-0.05, 0) is 73.4 Å². The predicted molar refractivity (Wildman–Crippen MR) is 129 cm³/mol. The highest BCUT2D eigenvalue weighted by atomic mass is 32.1. The summed E-state index contributed by atoms with van der Waals surface area (Å²) in [5, 5.41) is 3.92. The zero-order valence-electron chi connectivity index (χ0n) is 17.7. The smallest absolute Gasteiger partial charge is 0.267 e. The van der Waals surface area contributed by atoms with Crippen LogP contribution >= 0.6 is 11.3 Å². The average Bonchev–Trinajstić information content (AvgIpc) is 3.11. The van der Waals surface area contributed by atoms with Gasteiger partial charge in [0.1, 0.15) is 9.71 Å². The van der Waals surface area contributed by atoms with E-state index in [0.29, 0.717) is 16.5 Å². The highest BCUT2D eigenvalue weighted by Crippen LogP contribution is 2.38. The van der Waals surface area contributed by atoms with Crippen molar-refractivity contribution < 1.29 is 4.79 Å². The van der Waals surface area contributed by atoms with E-state index in [1.807, 2.05) is 32.0 Å². The molecule has 0 saturated heterocycles. The van der Waals surface area contributed by atoms with Crippen LogP contribution in [0.1, 0.15) is 50.0 Å². The normalized spacial score (nSPS) is 15.6. The fourth-order valence-electron chi connectivity index (χ4n) is 4.43. The van der Waals surface area contributed by atoms with E-state index in [1.54, 1.807) is 0 Å². The molecule has 156 valence electrons. The van der Waals surface area contributed by atoms with Crippen LogP contribution in [0.15, 0.2) is 54.6 Å². The molecule has 31 heavy (non-hydrogen) atoms. The predicted octanol–water partition coefficient (Wildman–Crippen LogP) is 6.02. The summed E-state index contributed by atoms with van der Waals surface area (Å²) in [4.78, 5) is 19.3. The molecule has 2 heterocycles. The lowest BCUT2D eigenvalue weighted by Gasteiger charge is -2.24. The summed E-state index contributed by atoms with van der Waals surface area (Å²) in [5.41, 5.74) is 13.8. The second kappa shape index (κ2) is 7.82. The lowest BCUT2D eigenvalue weighted by molar-refractivity contribution is 0.103. The van der Waals surface area contributed by atoms with Crippen LogP contribution in [0.4, 0.5) is 11.4 Å².